The zero-order chi connectivity index (χ0) is 24.1. The van der Waals surface area contributed by atoms with E-state index in [2.05, 4.69) is 0 Å². The molecule has 1 aliphatic heterocycles. The van der Waals surface area contributed by atoms with E-state index in [0.29, 0.717) is 34.6 Å². The first-order chi connectivity index (χ1) is 15.7. The van der Waals surface area contributed by atoms with E-state index in [1.165, 1.54) is 24.3 Å². The van der Waals surface area contributed by atoms with Crippen LogP contribution in [-0.2, 0) is 16.2 Å². The number of carbonyl (C=O) groups excluding carboxylic acids is 2. The third kappa shape index (κ3) is 5.85. The molecule has 0 unspecified atom stereocenters. The molecule has 0 saturated carbocycles. The molecule has 1 aliphatic rings. The minimum atomic E-state index is -1.29. The summed E-state index contributed by atoms with van der Waals surface area (Å²) in [6, 6.07) is 9.29. The van der Waals surface area contributed by atoms with Crippen LogP contribution in [0.1, 0.15) is 28.4 Å². The Morgan fingerprint density at radius 2 is 1.82 bits per heavy atom. The van der Waals surface area contributed by atoms with Gasteiger partial charge in [0.1, 0.15) is 13.2 Å². The molecule has 33 heavy (non-hydrogen) atoms. The van der Waals surface area contributed by atoms with Gasteiger partial charge in [-0.1, -0.05) is 23.7 Å². The van der Waals surface area contributed by atoms with Gasteiger partial charge in [0.2, 0.25) is 0 Å². The summed E-state index contributed by atoms with van der Waals surface area (Å²) in [6.45, 7) is 1.46. The van der Waals surface area contributed by atoms with Crippen LogP contribution in [0.25, 0.3) is 6.08 Å². The summed E-state index contributed by atoms with van der Waals surface area (Å²) in [5, 5.41) is 17.4. The van der Waals surface area contributed by atoms with Crippen molar-refractivity contribution in [3.05, 3.63) is 63.0 Å². The number of halogens is 1. The smallest absolute Gasteiger partial charge is 0.335 e. The normalized spacial score (nSPS) is 14.6. The Kier molecular flexibility index (Phi) is 7.62. The number of imide groups is 1. The summed E-state index contributed by atoms with van der Waals surface area (Å²) in [7, 11) is 0. The third-order valence-electron chi connectivity index (χ3n) is 4.38. The van der Waals surface area contributed by atoms with E-state index in [9.17, 15) is 19.2 Å². The van der Waals surface area contributed by atoms with Crippen LogP contribution in [0.5, 0.6) is 11.5 Å². The molecular weight excluding hydrogens is 474 g/mol. The van der Waals surface area contributed by atoms with Crippen molar-refractivity contribution >= 4 is 52.5 Å². The van der Waals surface area contributed by atoms with Crippen molar-refractivity contribution in [1.29, 1.82) is 0 Å². The van der Waals surface area contributed by atoms with Gasteiger partial charge in [-0.3, -0.25) is 19.3 Å². The summed E-state index contributed by atoms with van der Waals surface area (Å²) in [4.78, 5) is 46.9. The van der Waals surface area contributed by atoms with Crippen molar-refractivity contribution in [3.8, 4) is 11.5 Å². The van der Waals surface area contributed by atoms with Crippen LogP contribution < -0.4 is 9.47 Å². The predicted octanol–water partition coefficient (Wildman–Crippen LogP) is 4.14. The van der Waals surface area contributed by atoms with Crippen molar-refractivity contribution in [2.45, 2.75) is 13.5 Å². The van der Waals surface area contributed by atoms with E-state index in [0.717, 1.165) is 5.56 Å². The van der Waals surface area contributed by atoms with Gasteiger partial charge in [-0.15, -0.1) is 0 Å². The molecule has 9 nitrogen and oxygen atoms in total. The third-order valence-corrected chi connectivity index (χ3v) is 5.57. The lowest BCUT2D eigenvalue weighted by Crippen LogP contribution is -2.33. The van der Waals surface area contributed by atoms with Crippen molar-refractivity contribution in [3.63, 3.8) is 0 Å². The summed E-state index contributed by atoms with van der Waals surface area (Å²) in [5.74, 6) is -2.45. The van der Waals surface area contributed by atoms with Gasteiger partial charge in [-0.05, 0) is 60.2 Å². The van der Waals surface area contributed by atoms with Crippen LogP contribution >= 0.6 is 23.4 Å². The number of hydrogen-bond acceptors (Lipinski definition) is 7. The van der Waals surface area contributed by atoms with Crippen LogP contribution in [-0.4, -0.2) is 51.3 Å². The van der Waals surface area contributed by atoms with Gasteiger partial charge >= 0.3 is 11.9 Å². The van der Waals surface area contributed by atoms with E-state index in [1.54, 1.807) is 25.1 Å². The summed E-state index contributed by atoms with van der Waals surface area (Å²) in [5.41, 5.74) is 1.33. The number of thioether (sulfide) groups is 1. The molecule has 2 amide bonds. The Hall–Kier alpha value is -3.50. The molecule has 2 aromatic rings. The van der Waals surface area contributed by atoms with E-state index in [4.69, 9.17) is 31.3 Å². The molecular formula is C22H18ClNO8S. The van der Waals surface area contributed by atoms with E-state index in [-0.39, 0.29) is 27.8 Å². The largest absolute Gasteiger partial charge is 0.490 e. The topological polar surface area (TPSA) is 130 Å². The van der Waals surface area contributed by atoms with Crippen LogP contribution in [0.4, 0.5) is 4.79 Å². The van der Waals surface area contributed by atoms with Crippen LogP contribution in [0.2, 0.25) is 5.02 Å². The number of benzene rings is 2. The van der Waals surface area contributed by atoms with Gasteiger partial charge in [0.25, 0.3) is 11.1 Å². The maximum atomic E-state index is 12.4. The highest BCUT2D eigenvalue weighted by molar-refractivity contribution is 8.18. The molecule has 0 radical (unpaired) electrons. The van der Waals surface area contributed by atoms with Gasteiger partial charge in [-0.25, -0.2) is 4.79 Å². The standard InChI is InChI=1S/C22H18ClNO8S/c1-2-31-16-8-13(9-17-20(27)24(10-18(25)26)22(30)33-17)7-15(23)19(16)32-11-12-3-5-14(6-4-12)21(28)29/h3-9H,2,10-11H2,1H3,(H,25,26)(H,28,29)/b17-9+. The van der Waals surface area contributed by atoms with Gasteiger partial charge < -0.3 is 19.7 Å². The van der Waals surface area contributed by atoms with Gasteiger partial charge in [0.05, 0.1) is 22.1 Å². The molecule has 1 fully saturated rings. The fraction of sp³-hybridized carbons (Fsp3) is 0.182. The van der Waals surface area contributed by atoms with Crippen LogP contribution in [0.15, 0.2) is 41.3 Å². The lowest BCUT2D eigenvalue weighted by atomic mass is 10.1. The van der Waals surface area contributed by atoms with E-state index >= 15 is 0 Å². The number of carbonyl (C=O) groups is 4. The second kappa shape index (κ2) is 10.4. The average Bonchev–Trinajstić information content (AvgIpc) is 3.00. The molecule has 1 heterocycles. The second-order valence-electron chi connectivity index (χ2n) is 6.72. The van der Waals surface area contributed by atoms with Crippen molar-refractivity contribution in [2.24, 2.45) is 0 Å². The number of aromatic carboxylic acids is 1. The Morgan fingerprint density at radius 1 is 1.12 bits per heavy atom. The molecule has 0 aromatic heterocycles. The number of ether oxygens (including phenoxy) is 2. The maximum Gasteiger partial charge on any atom is 0.335 e. The number of rotatable bonds is 9. The fourth-order valence-electron chi connectivity index (χ4n) is 2.90. The lowest BCUT2D eigenvalue weighted by molar-refractivity contribution is -0.140. The molecule has 2 aromatic carbocycles. The Morgan fingerprint density at radius 3 is 2.42 bits per heavy atom. The van der Waals surface area contributed by atoms with Gasteiger partial charge in [0.15, 0.2) is 11.5 Å². The van der Waals surface area contributed by atoms with Crippen molar-refractivity contribution < 1.29 is 38.9 Å². The molecule has 172 valence electrons. The summed E-state index contributed by atoms with van der Waals surface area (Å²) < 4.78 is 11.4. The monoisotopic (exact) mass is 491 g/mol. The molecule has 3 rings (SSSR count). The number of amides is 2. The highest BCUT2D eigenvalue weighted by Crippen LogP contribution is 2.39. The summed E-state index contributed by atoms with van der Waals surface area (Å²) in [6.07, 6.45) is 1.43. The summed E-state index contributed by atoms with van der Waals surface area (Å²) >= 11 is 7.03. The minimum Gasteiger partial charge on any atom is -0.490 e. The first-order valence-corrected chi connectivity index (χ1v) is 10.8. The minimum absolute atomic E-state index is 0.0620. The highest BCUT2D eigenvalue weighted by Gasteiger charge is 2.36. The molecule has 0 aliphatic carbocycles. The highest BCUT2D eigenvalue weighted by atomic mass is 35.5. The van der Waals surface area contributed by atoms with Gasteiger partial charge in [0, 0.05) is 0 Å². The quantitative estimate of drug-likeness (QED) is 0.497. The molecule has 2 N–H and O–H groups in total. The maximum absolute atomic E-state index is 12.4. The SMILES string of the molecule is CCOc1cc(/C=C2/SC(=O)N(CC(=O)O)C2=O)cc(Cl)c1OCc1ccc(C(=O)O)cc1. The zero-order valence-electron chi connectivity index (χ0n) is 17.2. The zero-order valence-corrected chi connectivity index (χ0v) is 18.8. The first kappa shape index (κ1) is 24.1. The Labute approximate surface area is 197 Å². The fourth-order valence-corrected chi connectivity index (χ4v) is 4.01. The Balaban J connectivity index is 1.83. The van der Waals surface area contributed by atoms with E-state index in [1.807, 2.05) is 0 Å². The average molecular weight is 492 g/mol. The number of aliphatic carboxylic acids is 1. The number of carboxylic acids is 2. The molecule has 0 bridgehead atoms. The van der Waals surface area contributed by atoms with Crippen LogP contribution in [0.3, 0.4) is 0 Å². The predicted molar refractivity (Wildman–Crippen MR) is 121 cm³/mol. The molecule has 11 heteroatoms. The number of hydrogen-bond donors (Lipinski definition) is 2. The molecule has 0 spiro atoms. The van der Waals surface area contributed by atoms with Crippen LogP contribution in [0, 0.1) is 0 Å². The lowest BCUT2D eigenvalue weighted by Gasteiger charge is -2.15. The second-order valence-corrected chi connectivity index (χ2v) is 8.12. The van der Waals surface area contributed by atoms with Crippen molar-refractivity contribution in [1.82, 2.24) is 4.90 Å². The van der Waals surface area contributed by atoms with E-state index < -0.39 is 29.6 Å². The first-order valence-electron chi connectivity index (χ1n) is 9.58. The number of carboxylic acid groups (broad SMARTS) is 2. The Bertz CT molecular complexity index is 1150. The van der Waals surface area contributed by atoms with Crippen molar-refractivity contribution in [2.75, 3.05) is 13.2 Å². The number of nitrogens with zero attached hydrogens (tertiary/aromatic N) is 1. The molecule has 0 atom stereocenters. The van der Waals surface area contributed by atoms with Gasteiger partial charge in [-0.2, -0.15) is 0 Å². The molecule has 1 saturated heterocycles.